The smallest absolute Gasteiger partial charge is 0.254 e. The van der Waals surface area contributed by atoms with Gasteiger partial charge in [-0.2, -0.15) is 9.50 Å². The molecule has 0 bridgehead atoms. The SMILES string of the molecule is Fc1ccc(Nc2c3c(nc4nc(-c5ccccc5)nn24)CCCC3)cc1. The molecule has 2 aromatic heterocycles. The second-order valence-electron chi connectivity index (χ2n) is 6.74. The van der Waals surface area contributed by atoms with E-state index in [-0.39, 0.29) is 5.82 Å². The van der Waals surface area contributed by atoms with Gasteiger partial charge in [0.05, 0.1) is 5.69 Å². The topological polar surface area (TPSA) is 55.1 Å². The summed E-state index contributed by atoms with van der Waals surface area (Å²) in [5, 5.41) is 8.13. The fraction of sp³-hybridized carbons (Fsp3) is 0.190. The van der Waals surface area contributed by atoms with Crippen LogP contribution in [0.2, 0.25) is 0 Å². The molecular formula is C21H18FN5. The Bertz CT molecular complexity index is 1100. The Balaban J connectivity index is 1.68. The van der Waals surface area contributed by atoms with E-state index in [4.69, 9.17) is 10.1 Å². The highest BCUT2D eigenvalue weighted by molar-refractivity contribution is 5.65. The number of anilines is 2. The second kappa shape index (κ2) is 6.46. The minimum Gasteiger partial charge on any atom is -0.340 e. The van der Waals surface area contributed by atoms with Crippen molar-refractivity contribution in [2.45, 2.75) is 25.7 Å². The van der Waals surface area contributed by atoms with Crippen molar-refractivity contribution in [3.63, 3.8) is 0 Å². The number of aryl methyl sites for hydroxylation is 1. The molecule has 1 aliphatic rings. The van der Waals surface area contributed by atoms with Gasteiger partial charge in [-0.1, -0.05) is 30.3 Å². The van der Waals surface area contributed by atoms with Gasteiger partial charge in [0.1, 0.15) is 11.6 Å². The summed E-state index contributed by atoms with van der Waals surface area (Å²) in [7, 11) is 0. The van der Waals surface area contributed by atoms with Crippen LogP contribution in [0.25, 0.3) is 17.2 Å². The summed E-state index contributed by atoms with van der Waals surface area (Å²) in [6.45, 7) is 0. The largest absolute Gasteiger partial charge is 0.340 e. The van der Waals surface area contributed by atoms with E-state index in [1.807, 2.05) is 30.3 Å². The number of nitrogens with one attached hydrogen (secondary N) is 1. The minimum absolute atomic E-state index is 0.255. The predicted octanol–water partition coefficient (Wildman–Crippen LogP) is 4.55. The first-order chi connectivity index (χ1) is 13.3. The zero-order valence-electron chi connectivity index (χ0n) is 14.7. The maximum atomic E-state index is 13.3. The minimum atomic E-state index is -0.255. The molecule has 0 atom stereocenters. The van der Waals surface area contributed by atoms with Gasteiger partial charge in [0.15, 0.2) is 5.82 Å². The molecule has 0 fully saturated rings. The molecule has 1 aliphatic carbocycles. The Kier molecular flexibility index (Phi) is 3.81. The lowest BCUT2D eigenvalue weighted by atomic mass is 9.96. The van der Waals surface area contributed by atoms with Crippen LogP contribution in [-0.4, -0.2) is 19.6 Å². The summed E-state index contributed by atoms with van der Waals surface area (Å²) in [6, 6.07) is 16.2. The Morgan fingerprint density at radius 2 is 1.67 bits per heavy atom. The molecule has 6 heteroatoms. The zero-order chi connectivity index (χ0) is 18.2. The van der Waals surface area contributed by atoms with Crippen molar-refractivity contribution in [2.24, 2.45) is 0 Å². The quantitative estimate of drug-likeness (QED) is 0.583. The molecule has 0 saturated carbocycles. The van der Waals surface area contributed by atoms with E-state index in [1.54, 1.807) is 16.6 Å². The average molecular weight is 359 g/mol. The first kappa shape index (κ1) is 15.9. The van der Waals surface area contributed by atoms with E-state index in [1.165, 1.54) is 17.7 Å². The van der Waals surface area contributed by atoms with E-state index >= 15 is 0 Å². The third-order valence-corrected chi connectivity index (χ3v) is 4.90. The molecule has 27 heavy (non-hydrogen) atoms. The van der Waals surface area contributed by atoms with E-state index in [0.717, 1.165) is 48.4 Å². The predicted molar refractivity (Wildman–Crippen MR) is 103 cm³/mol. The second-order valence-corrected chi connectivity index (χ2v) is 6.74. The molecule has 5 nitrogen and oxygen atoms in total. The van der Waals surface area contributed by atoms with Crippen LogP contribution in [0, 0.1) is 5.82 Å². The summed E-state index contributed by atoms with van der Waals surface area (Å²) in [4.78, 5) is 9.42. The number of hydrogen-bond acceptors (Lipinski definition) is 4. The normalized spacial score (nSPS) is 13.5. The Hall–Kier alpha value is -3.28. The molecule has 2 aromatic carbocycles. The van der Waals surface area contributed by atoms with Crippen LogP contribution in [0.3, 0.4) is 0 Å². The lowest BCUT2D eigenvalue weighted by Crippen LogP contribution is -2.13. The van der Waals surface area contributed by atoms with Gasteiger partial charge in [-0.05, 0) is 49.9 Å². The van der Waals surface area contributed by atoms with Crippen molar-refractivity contribution in [1.29, 1.82) is 0 Å². The number of nitrogens with zero attached hydrogens (tertiary/aromatic N) is 4. The lowest BCUT2D eigenvalue weighted by molar-refractivity contribution is 0.628. The first-order valence-corrected chi connectivity index (χ1v) is 9.14. The van der Waals surface area contributed by atoms with Crippen molar-refractivity contribution in [3.05, 3.63) is 71.7 Å². The molecule has 0 amide bonds. The van der Waals surface area contributed by atoms with E-state index < -0.39 is 0 Å². The van der Waals surface area contributed by atoms with Crippen LogP contribution in [-0.2, 0) is 12.8 Å². The van der Waals surface area contributed by atoms with Crippen molar-refractivity contribution >= 4 is 17.3 Å². The summed E-state index contributed by atoms with van der Waals surface area (Å²) in [6.07, 6.45) is 4.14. The van der Waals surface area contributed by atoms with E-state index in [2.05, 4.69) is 10.3 Å². The summed E-state index contributed by atoms with van der Waals surface area (Å²) >= 11 is 0. The highest BCUT2D eigenvalue weighted by Gasteiger charge is 2.21. The standard InChI is InChI=1S/C21H18FN5/c22-15-10-12-16(13-11-15)23-20-17-8-4-5-9-18(17)24-21-25-19(26-27(20)21)14-6-2-1-3-7-14/h1-3,6-7,10-13,23H,4-5,8-9H2. The first-order valence-electron chi connectivity index (χ1n) is 9.14. The monoisotopic (exact) mass is 359 g/mol. The van der Waals surface area contributed by atoms with Crippen molar-refractivity contribution in [1.82, 2.24) is 19.6 Å². The fourth-order valence-corrected chi connectivity index (χ4v) is 3.55. The summed E-state index contributed by atoms with van der Waals surface area (Å²) in [5.41, 5.74) is 4.01. The maximum Gasteiger partial charge on any atom is 0.254 e. The molecule has 134 valence electrons. The third kappa shape index (κ3) is 2.93. The van der Waals surface area contributed by atoms with Crippen molar-refractivity contribution < 1.29 is 4.39 Å². The molecule has 2 heterocycles. The molecular weight excluding hydrogens is 341 g/mol. The fourth-order valence-electron chi connectivity index (χ4n) is 3.55. The average Bonchev–Trinajstić information content (AvgIpc) is 3.14. The Labute approximate surface area is 155 Å². The van der Waals surface area contributed by atoms with Crippen LogP contribution in [0.5, 0.6) is 0 Å². The molecule has 0 aliphatic heterocycles. The van der Waals surface area contributed by atoms with Gasteiger partial charge in [-0.15, -0.1) is 5.10 Å². The van der Waals surface area contributed by atoms with Gasteiger partial charge in [0.2, 0.25) is 0 Å². The molecule has 0 unspecified atom stereocenters. The maximum absolute atomic E-state index is 13.3. The van der Waals surface area contributed by atoms with Crippen LogP contribution in [0.1, 0.15) is 24.1 Å². The van der Waals surface area contributed by atoms with E-state index in [9.17, 15) is 4.39 Å². The van der Waals surface area contributed by atoms with Crippen LogP contribution in [0.4, 0.5) is 15.9 Å². The van der Waals surface area contributed by atoms with Gasteiger partial charge in [0, 0.05) is 16.8 Å². The van der Waals surface area contributed by atoms with Gasteiger partial charge < -0.3 is 5.32 Å². The van der Waals surface area contributed by atoms with Gasteiger partial charge >= 0.3 is 0 Å². The molecule has 0 saturated heterocycles. The number of halogens is 1. The zero-order valence-corrected chi connectivity index (χ0v) is 14.7. The van der Waals surface area contributed by atoms with Crippen LogP contribution in [0.15, 0.2) is 54.6 Å². The molecule has 4 aromatic rings. The van der Waals surface area contributed by atoms with Gasteiger partial charge in [0.25, 0.3) is 5.78 Å². The van der Waals surface area contributed by atoms with Crippen molar-refractivity contribution in [3.8, 4) is 11.4 Å². The van der Waals surface area contributed by atoms with Crippen LogP contribution >= 0.6 is 0 Å². The number of benzene rings is 2. The van der Waals surface area contributed by atoms with Gasteiger partial charge in [-0.3, -0.25) is 0 Å². The highest BCUT2D eigenvalue weighted by Crippen LogP contribution is 2.30. The summed E-state index contributed by atoms with van der Waals surface area (Å²) in [5.74, 6) is 1.84. The number of hydrogen-bond donors (Lipinski definition) is 1. The number of aromatic nitrogens is 4. The number of rotatable bonds is 3. The lowest BCUT2D eigenvalue weighted by Gasteiger charge is -2.19. The summed E-state index contributed by atoms with van der Waals surface area (Å²) < 4.78 is 15.1. The third-order valence-electron chi connectivity index (χ3n) is 4.90. The van der Waals surface area contributed by atoms with E-state index in [0.29, 0.717) is 11.6 Å². The molecule has 0 spiro atoms. The molecule has 1 N–H and O–H groups in total. The molecule has 0 radical (unpaired) electrons. The Morgan fingerprint density at radius 1 is 0.889 bits per heavy atom. The van der Waals surface area contributed by atoms with Gasteiger partial charge in [-0.25, -0.2) is 9.37 Å². The Morgan fingerprint density at radius 3 is 2.48 bits per heavy atom. The van der Waals surface area contributed by atoms with Crippen molar-refractivity contribution in [2.75, 3.05) is 5.32 Å². The molecule has 5 rings (SSSR count). The highest BCUT2D eigenvalue weighted by atomic mass is 19.1. The van der Waals surface area contributed by atoms with Crippen LogP contribution < -0.4 is 5.32 Å². The number of fused-ring (bicyclic) bond motifs is 2.